The van der Waals surface area contributed by atoms with Gasteiger partial charge in [-0.1, -0.05) is 25.4 Å². The Hall–Kier alpha value is -1.13. The van der Waals surface area contributed by atoms with Crippen LogP contribution in [0.1, 0.15) is 30.6 Å². The van der Waals surface area contributed by atoms with E-state index in [1.807, 2.05) is 13.8 Å². The van der Waals surface area contributed by atoms with Crippen molar-refractivity contribution < 1.29 is 9.90 Å². The molecule has 1 heterocycles. The molecule has 0 bridgehead atoms. The molecule has 1 aromatic rings. The van der Waals surface area contributed by atoms with Gasteiger partial charge in [0.2, 0.25) is 0 Å². The molecule has 1 atom stereocenters. The third-order valence-corrected chi connectivity index (χ3v) is 2.76. The zero-order chi connectivity index (χ0) is 12.8. The molecule has 0 spiro atoms. The van der Waals surface area contributed by atoms with Crippen molar-refractivity contribution in [2.24, 2.45) is 5.92 Å². The van der Waals surface area contributed by atoms with Crippen LogP contribution < -0.4 is 5.32 Å². The number of aromatic nitrogens is 1. The quantitative estimate of drug-likeness (QED) is 0.791. The van der Waals surface area contributed by atoms with Crippen LogP contribution in [-0.4, -0.2) is 28.6 Å². The summed E-state index contributed by atoms with van der Waals surface area (Å²) in [6, 6.07) is 3.09. The summed E-state index contributed by atoms with van der Waals surface area (Å²) in [7, 11) is 0. The number of hydrogen-bond acceptors (Lipinski definition) is 3. The van der Waals surface area contributed by atoms with Gasteiger partial charge in [0.05, 0.1) is 0 Å². The van der Waals surface area contributed by atoms with Gasteiger partial charge in [-0.05, 0) is 24.5 Å². The first kappa shape index (κ1) is 13.9. The Kier molecular flexibility index (Phi) is 5.38. The minimum atomic E-state index is -0.193. The molecule has 0 radical (unpaired) electrons. The number of rotatable bonds is 5. The highest BCUT2D eigenvalue weighted by Crippen LogP contribution is 2.10. The maximum atomic E-state index is 11.9. The first-order chi connectivity index (χ1) is 8.04. The Morgan fingerprint density at radius 1 is 1.59 bits per heavy atom. The van der Waals surface area contributed by atoms with Gasteiger partial charge in [-0.15, -0.1) is 0 Å². The van der Waals surface area contributed by atoms with Gasteiger partial charge < -0.3 is 10.4 Å². The van der Waals surface area contributed by atoms with Gasteiger partial charge in [-0.2, -0.15) is 0 Å². The van der Waals surface area contributed by atoms with E-state index in [0.29, 0.717) is 17.1 Å². The van der Waals surface area contributed by atoms with Crippen molar-refractivity contribution in [3.63, 3.8) is 0 Å². The van der Waals surface area contributed by atoms with Gasteiger partial charge >= 0.3 is 0 Å². The number of nitrogens with one attached hydrogen (secondary N) is 1. The highest BCUT2D eigenvalue weighted by molar-refractivity contribution is 6.29. The van der Waals surface area contributed by atoms with Crippen LogP contribution in [-0.2, 0) is 0 Å². The lowest BCUT2D eigenvalue weighted by Gasteiger charge is -2.21. The molecule has 0 saturated heterocycles. The maximum absolute atomic E-state index is 11.9. The average molecular weight is 257 g/mol. The molecule has 0 fully saturated rings. The fourth-order valence-corrected chi connectivity index (χ4v) is 1.68. The predicted molar refractivity (Wildman–Crippen MR) is 67.0 cm³/mol. The van der Waals surface area contributed by atoms with Crippen molar-refractivity contribution >= 4 is 17.5 Å². The van der Waals surface area contributed by atoms with E-state index in [1.165, 1.54) is 12.3 Å². The molecule has 17 heavy (non-hydrogen) atoms. The molecule has 1 aromatic heterocycles. The summed E-state index contributed by atoms with van der Waals surface area (Å²) in [4.78, 5) is 15.7. The Morgan fingerprint density at radius 2 is 2.29 bits per heavy atom. The summed E-state index contributed by atoms with van der Waals surface area (Å²) in [5.41, 5.74) is 0.480. The van der Waals surface area contributed by atoms with Gasteiger partial charge in [0.25, 0.3) is 5.91 Å². The number of carbonyl (C=O) groups is 1. The molecule has 1 unspecified atom stereocenters. The summed E-state index contributed by atoms with van der Waals surface area (Å²) in [6.45, 7) is 4.06. The van der Waals surface area contributed by atoms with E-state index in [0.717, 1.165) is 0 Å². The Morgan fingerprint density at radius 3 is 2.82 bits per heavy atom. The molecule has 4 nitrogen and oxygen atoms in total. The molecule has 0 aromatic carbocycles. The van der Waals surface area contributed by atoms with Crippen molar-refractivity contribution in [3.05, 3.63) is 29.0 Å². The largest absolute Gasteiger partial charge is 0.396 e. The second kappa shape index (κ2) is 6.57. The number of carbonyl (C=O) groups excluding carboxylic acids is 1. The smallest absolute Gasteiger partial charge is 0.251 e. The molecule has 2 N–H and O–H groups in total. The minimum absolute atomic E-state index is 0.0422. The molecule has 1 rings (SSSR count). The number of amides is 1. The van der Waals surface area contributed by atoms with Crippen molar-refractivity contribution in [2.75, 3.05) is 6.61 Å². The van der Waals surface area contributed by atoms with Crippen LogP contribution in [0, 0.1) is 5.92 Å². The van der Waals surface area contributed by atoms with E-state index in [2.05, 4.69) is 10.3 Å². The first-order valence-corrected chi connectivity index (χ1v) is 5.95. The van der Waals surface area contributed by atoms with Crippen LogP contribution in [0.2, 0.25) is 5.15 Å². The predicted octanol–water partition coefficient (Wildman–Crippen LogP) is 1.87. The molecule has 0 aliphatic carbocycles. The number of aliphatic hydroxyl groups excluding tert-OH is 1. The molecule has 0 saturated carbocycles. The van der Waals surface area contributed by atoms with E-state index in [1.54, 1.807) is 6.07 Å². The molecular weight excluding hydrogens is 240 g/mol. The number of hydrogen-bond donors (Lipinski definition) is 2. The van der Waals surface area contributed by atoms with E-state index in [4.69, 9.17) is 16.7 Å². The van der Waals surface area contributed by atoms with Crippen LogP contribution >= 0.6 is 11.6 Å². The number of pyridine rings is 1. The molecular formula is C12H17ClN2O2. The van der Waals surface area contributed by atoms with E-state index < -0.39 is 0 Å². The summed E-state index contributed by atoms with van der Waals surface area (Å²) >= 11 is 5.72. The summed E-state index contributed by atoms with van der Waals surface area (Å²) in [6.07, 6.45) is 2.04. The third-order valence-electron chi connectivity index (χ3n) is 2.55. The minimum Gasteiger partial charge on any atom is -0.396 e. The van der Waals surface area contributed by atoms with E-state index in [9.17, 15) is 4.79 Å². The zero-order valence-electron chi connectivity index (χ0n) is 9.98. The fourth-order valence-electron chi connectivity index (χ4n) is 1.51. The molecule has 0 aliphatic heterocycles. The van der Waals surface area contributed by atoms with Crippen molar-refractivity contribution in [2.45, 2.75) is 26.3 Å². The molecule has 94 valence electrons. The van der Waals surface area contributed by atoms with E-state index >= 15 is 0 Å². The first-order valence-electron chi connectivity index (χ1n) is 5.58. The monoisotopic (exact) mass is 256 g/mol. The van der Waals surface area contributed by atoms with E-state index in [-0.39, 0.29) is 24.5 Å². The second-order valence-corrected chi connectivity index (χ2v) is 4.59. The van der Waals surface area contributed by atoms with Crippen LogP contribution in [0.5, 0.6) is 0 Å². The fraction of sp³-hybridized carbons (Fsp3) is 0.500. The second-order valence-electron chi connectivity index (χ2n) is 4.20. The van der Waals surface area contributed by atoms with Gasteiger partial charge in [0, 0.05) is 24.4 Å². The third kappa shape index (κ3) is 4.32. The number of aliphatic hydroxyl groups is 1. The number of nitrogens with zero attached hydrogens (tertiary/aromatic N) is 1. The lowest BCUT2D eigenvalue weighted by molar-refractivity contribution is 0.0916. The summed E-state index contributed by atoms with van der Waals surface area (Å²) in [5.74, 6) is 0.0739. The summed E-state index contributed by atoms with van der Waals surface area (Å²) < 4.78 is 0. The lowest BCUT2D eigenvalue weighted by atomic mass is 10.0. The Balaban J connectivity index is 2.70. The normalized spacial score (nSPS) is 12.5. The highest BCUT2D eigenvalue weighted by atomic mass is 35.5. The van der Waals surface area contributed by atoms with Crippen molar-refractivity contribution in [3.8, 4) is 0 Å². The molecule has 1 amide bonds. The SMILES string of the molecule is CC(C)C(CCO)NC(=O)c1ccnc(Cl)c1. The van der Waals surface area contributed by atoms with Gasteiger partial charge in [0.15, 0.2) is 0 Å². The van der Waals surface area contributed by atoms with Crippen LogP contribution in [0.25, 0.3) is 0 Å². The Labute approximate surface area is 106 Å². The standard InChI is InChI=1S/C12H17ClN2O2/c1-8(2)10(4-6-16)15-12(17)9-3-5-14-11(13)7-9/h3,5,7-8,10,16H,4,6H2,1-2H3,(H,15,17). The van der Waals surface area contributed by atoms with Gasteiger partial charge in [-0.25, -0.2) is 4.98 Å². The van der Waals surface area contributed by atoms with Crippen LogP contribution in [0.4, 0.5) is 0 Å². The van der Waals surface area contributed by atoms with Gasteiger partial charge in [-0.3, -0.25) is 4.79 Å². The zero-order valence-corrected chi connectivity index (χ0v) is 10.7. The van der Waals surface area contributed by atoms with Crippen molar-refractivity contribution in [1.29, 1.82) is 0 Å². The van der Waals surface area contributed by atoms with Crippen LogP contribution in [0.3, 0.4) is 0 Å². The molecule has 0 aliphatic rings. The highest BCUT2D eigenvalue weighted by Gasteiger charge is 2.16. The maximum Gasteiger partial charge on any atom is 0.251 e. The lowest BCUT2D eigenvalue weighted by Crippen LogP contribution is -2.39. The van der Waals surface area contributed by atoms with Crippen LogP contribution in [0.15, 0.2) is 18.3 Å². The Bertz CT molecular complexity index is 383. The summed E-state index contributed by atoms with van der Waals surface area (Å²) in [5, 5.41) is 12.1. The average Bonchev–Trinajstić information content (AvgIpc) is 2.28. The molecule has 5 heteroatoms. The number of halogens is 1. The van der Waals surface area contributed by atoms with Gasteiger partial charge in [0.1, 0.15) is 5.15 Å². The topological polar surface area (TPSA) is 62.2 Å². The van der Waals surface area contributed by atoms with Crippen molar-refractivity contribution in [1.82, 2.24) is 10.3 Å².